The van der Waals surface area contributed by atoms with Crippen LogP contribution in [0.5, 0.6) is 0 Å². The fourth-order valence-electron chi connectivity index (χ4n) is 1.37. The Morgan fingerprint density at radius 2 is 2.14 bits per heavy atom. The fourth-order valence-corrected chi connectivity index (χ4v) is 1.48. The van der Waals surface area contributed by atoms with Gasteiger partial charge in [-0.1, -0.05) is 16.8 Å². The number of pyridine rings is 1. The number of aromatic nitrogens is 4. The van der Waals surface area contributed by atoms with Gasteiger partial charge in [0.1, 0.15) is 5.15 Å². The van der Waals surface area contributed by atoms with Gasteiger partial charge in [0.25, 0.3) is 0 Å². The first-order valence-corrected chi connectivity index (χ1v) is 4.54. The molecule has 0 fully saturated rings. The summed E-state index contributed by atoms with van der Waals surface area (Å²) in [6, 6.07) is 3.66. The highest BCUT2D eigenvalue weighted by atomic mass is 35.5. The van der Waals surface area contributed by atoms with Gasteiger partial charge in [0.15, 0.2) is 0 Å². The van der Waals surface area contributed by atoms with E-state index in [1.165, 1.54) is 0 Å². The van der Waals surface area contributed by atoms with Gasteiger partial charge in [0, 0.05) is 18.8 Å². The maximum absolute atomic E-state index is 5.70. The second kappa shape index (κ2) is 3.38. The van der Waals surface area contributed by atoms with E-state index in [1.807, 2.05) is 20.0 Å². The minimum absolute atomic E-state index is 0.488. The number of hydrogen-bond acceptors (Lipinski definition) is 3. The Bertz CT molecular complexity index is 427. The minimum atomic E-state index is 0.488. The van der Waals surface area contributed by atoms with Crippen molar-refractivity contribution in [3.8, 4) is 11.3 Å². The van der Waals surface area contributed by atoms with E-state index >= 15 is 0 Å². The van der Waals surface area contributed by atoms with E-state index in [4.69, 9.17) is 11.6 Å². The predicted molar refractivity (Wildman–Crippen MR) is 54.0 cm³/mol. The molecule has 0 unspecified atom stereocenters. The average molecular weight is 209 g/mol. The van der Waals surface area contributed by atoms with Crippen molar-refractivity contribution in [3.05, 3.63) is 29.2 Å². The lowest BCUT2D eigenvalue weighted by Crippen LogP contribution is -1.94. The standard InChI is InChI=1S/C9H9ClN4/c1-6-9(14(2)13-12-6)7-3-4-8(10)11-5-7/h3-5H,1-2H3. The number of nitrogens with zero attached hydrogens (tertiary/aromatic N) is 4. The van der Waals surface area contributed by atoms with E-state index in [0.717, 1.165) is 17.0 Å². The minimum Gasteiger partial charge on any atom is -0.247 e. The molecule has 2 aromatic rings. The Balaban J connectivity index is 2.54. The summed E-state index contributed by atoms with van der Waals surface area (Å²) in [6.07, 6.45) is 1.72. The monoisotopic (exact) mass is 208 g/mol. The summed E-state index contributed by atoms with van der Waals surface area (Å²) in [5, 5.41) is 8.38. The van der Waals surface area contributed by atoms with Gasteiger partial charge in [-0.3, -0.25) is 0 Å². The summed E-state index contributed by atoms with van der Waals surface area (Å²) >= 11 is 5.70. The third-order valence-corrected chi connectivity index (χ3v) is 2.22. The third-order valence-electron chi connectivity index (χ3n) is 2.00. The van der Waals surface area contributed by atoms with Crippen molar-refractivity contribution in [3.63, 3.8) is 0 Å². The molecule has 2 rings (SSSR count). The quantitative estimate of drug-likeness (QED) is 0.672. The molecule has 0 aliphatic rings. The molecule has 0 saturated heterocycles. The summed E-state index contributed by atoms with van der Waals surface area (Å²) in [7, 11) is 1.85. The van der Waals surface area contributed by atoms with Crippen LogP contribution in [0, 0.1) is 6.92 Å². The van der Waals surface area contributed by atoms with Crippen LogP contribution in [0.25, 0.3) is 11.3 Å². The molecule has 0 N–H and O–H groups in total. The molecule has 0 spiro atoms. The van der Waals surface area contributed by atoms with Gasteiger partial charge < -0.3 is 0 Å². The molecule has 0 aliphatic carbocycles. The number of halogens is 1. The van der Waals surface area contributed by atoms with Crippen LogP contribution in [0.3, 0.4) is 0 Å². The van der Waals surface area contributed by atoms with Crippen molar-refractivity contribution in [2.24, 2.45) is 7.05 Å². The first kappa shape index (κ1) is 9.15. The van der Waals surface area contributed by atoms with Gasteiger partial charge in [-0.15, -0.1) is 5.10 Å². The second-order valence-electron chi connectivity index (χ2n) is 3.02. The van der Waals surface area contributed by atoms with Crippen molar-refractivity contribution in [1.82, 2.24) is 20.0 Å². The Morgan fingerprint density at radius 1 is 1.36 bits per heavy atom. The molecule has 5 heteroatoms. The molecule has 0 atom stereocenters. The van der Waals surface area contributed by atoms with Crippen molar-refractivity contribution >= 4 is 11.6 Å². The van der Waals surface area contributed by atoms with E-state index in [-0.39, 0.29) is 0 Å². The van der Waals surface area contributed by atoms with Crippen LogP contribution in [-0.4, -0.2) is 20.0 Å². The molecule has 0 saturated carbocycles. The summed E-state index contributed by atoms with van der Waals surface area (Å²) in [5.41, 5.74) is 2.82. The highest BCUT2D eigenvalue weighted by molar-refractivity contribution is 6.29. The fraction of sp³-hybridized carbons (Fsp3) is 0.222. The van der Waals surface area contributed by atoms with E-state index in [2.05, 4.69) is 15.3 Å². The molecular formula is C9H9ClN4. The van der Waals surface area contributed by atoms with Crippen LogP contribution in [0.2, 0.25) is 5.15 Å². The van der Waals surface area contributed by atoms with Crippen LogP contribution < -0.4 is 0 Å². The molecule has 2 aromatic heterocycles. The van der Waals surface area contributed by atoms with E-state index < -0.39 is 0 Å². The molecule has 2 heterocycles. The van der Waals surface area contributed by atoms with Crippen molar-refractivity contribution < 1.29 is 0 Å². The Morgan fingerprint density at radius 3 is 2.64 bits per heavy atom. The smallest absolute Gasteiger partial charge is 0.129 e. The maximum atomic E-state index is 5.70. The summed E-state index contributed by atoms with van der Waals surface area (Å²) in [5.74, 6) is 0. The Hall–Kier alpha value is -1.42. The highest BCUT2D eigenvalue weighted by Crippen LogP contribution is 2.20. The molecular weight excluding hydrogens is 200 g/mol. The van der Waals surface area contributed by atoms with Crippen LogP contribution >= 0.6 is 11.6 Å². The second-order valence-corrected chi connectivity index (χ2v) is 3.40. The number of aryl methyl sites for hydroxylation is 2. The summed E-state index contributed by atoms with van der Waals surface area (Å²) in [4.78, 5) is 4.01. The van der Waals surface area contributed by atoms with Crippen LogP contribution in [-0.2, 0) is 7.05 Å². The van der Waals surface area contributed by atoms with Gasteiger partial charge in [-0.2, -0.15) is 0 Å². The Labute approximate surface area is 86.5 Å². The molecule has 0 aromatic carbocycles. The molecule has 72 valence electrons. The van der Waals surface area contributed by atoms with E-state index in [9.17, 15) is 0 Å². The number of rotatable bonds is 1. The van der Waals surface area contributed by atoms with Gasteiger partial charge in [-0.25, -0.2) is 9.67 Å². The lowest BCUT2D eigenvalue weighted by Gasteiger charge is -2.01. The first-order chi connectivity index (χ1) is 6.68. The van der Waals surface area contributed by atoms with E-state index in [1.54, 1.807) is 16.9 Å². The zero-order valence-electron chi connectivity index (χ0n) is 7.90. The lowest BCUT2D eigenvalue weighted by molar-refractivity contribution is 0.719. The van der Waals surface area contributed by atoms with Crippen molar-refractivity contribution in [2.45, 2.75) is 6.92 Å². The van der Waals surface area contributed by atoms with E-state index in [0.29, 0.717) is 5.15 Å². The molecule has 14 heavy (non-hydrogen) atoms. The normalized spacial score (nSPS) is 10.5. The largest absolute Gasteiger partial charge is 0.247 e. The molecule has 4 nitrogen and oxygen atoms in total. The third kappa shape index (κ3) is 1.48. The highest BCUT2D eigenvalue weighted by Gasteiger charge is 2.08. The SMILES string of the molecule is Cc1nnn(C)c1-c1ccc(Cl)nc1. The van der Waals surface area contributed by atoms with Crippen molar-refractivity contribution in [2.75, 3.05) is 0 Å². The Kier molecular flexibility index (Phi) is 2.21. The van der Waals surface area contributed by atoms with Gasteiger partial charge in [-0.05, 0) is 19.1 Å². The van der Waals surface area contributed by atoms with Gasteiger partial charge in [0.05, 0.1) is 11.4 Å². The molecule has 0 aliphatic heterocycles. The molecule has 0 amide bonds. The van der Waals surface area contributed by atoms with Gasteiger partial charge in [0.2, 0.25) is 0 Å². The molecule has 0 bridgehead atoms. The lowest BCUT2D eigenvalue weighted by atomic mass is 10.2. The predicted octanol–water partition coefficient (Wildman–Crippen LogP) is 1.84. The zero-order valence-corrected chi connectivity index (χ0v) is 8.65. The van der Waals surface area contributed by atoms with Crippen LogP contribution in [0.4, 0.5) is 0 Å². The van der Waals surface area contributed by atoms with Crippen molar-refractivity contribution in [1.29, 1.82) is 0 Å². The first-order valence-electron chi connectivity index (χ1n) is 4.16. The zero-order chi connectivity index (χ0) is 10.1. The summed E-state index contributed by atoms with van der Waals surface area (Å²) in [6.45, 7) is 1.91. The topological polar surface area (TPSA) is 43.6 Å². The molecule has 0 radical (unpaired) electrons. The van der Waals surface area contributed by atoms with Crippen LogP contribution in [0.1, 0.15) is 5.69 Å². The number of hydrogen-bond donors (Lipinski definition) is 0. The summed E-state index contributed by atoms with van der Waals surface area (Å²) < 4.78 is 1.72. The maximum Gasteiger partial charge on any atom is 0.129 e. The van der Waals surface area contributed by atoms with Crippen LogP contribution in [0.15, 0.2) is 18.3 Å². The van der Waals surface area contributed by atoms with Gasteiger partial charge >= 0.3 is 0 Å². The average Bonchev–Trinajstić information content (AvgIpc) is 2.49.